The number of nitrogens with one attached hydrogen (secondary N) is 2. The summed E-state index contributed by atoms with van der Waals surface area (Å²) in [5, 5.41) is 11.1. The first-order valence-corrected chi connectivity index (χ1v) is 8.44. The molecule has 0 spiro atoms. The van der Waals surface area contributed by atoms with Crippen LogP contribution < -0.4 is 10.6 Å². The topological polar surface area (TPSA) is 54.2 Å². The van der Waals surface area contributed by atoms with Crippen molar-refractivity contribution in [3.63, 3.8) is 0 Å². The maximum atomic E-state index is 13.5. The first-order chi connectivity index (χ1) is 11.7. The highest BCUT2D eigenvalue weighted by Gasteiger charge is 2.21. The van der Waals surface area contributed by atoms with Crippen molar-refractivity contribution in [3.8, 4) is 0 Å². The number of hydrogen-bond acceptors (Lipinski definition) is 2. The number of halogens is 1. The molecule has 0 unspecified atom stereocenters. The zero-order valence-corrected chi connectivity index (χ0v) is 15.9. The van der Waals surface area contributed by atoms with Gasteiger partial charge < -0.3 is 10.6 Å². The van der Waals surface area contributed by atoms with E-state index >= 15 is 0 Å². The number of aryl methyl sites for hydroxylation is 2. The zero-order chi connectivity index (χ0) is 18.6. The van der Waals surface area contributed by atoms with Crippen LogP contribution in [0, 0.1) is 19.7 Å². The van der Waals surface area contributed by atoms with Gasteiger partial charge in [-0.15, -0.1) is 0 Å². The molecule has 25 heavy (non-hydrogen) atoms. The van der Waals surface area contributed by atoms with Crippen LogP contribution in [0.3, 0.4) is 0 Å². The molecule has 0 radical (unpaired) electrons. The summed E-state index contributed by atoms with van der Waals surface area (Å²) in [5.74, 6) is 0.503. The fraction of sp³-hybridized carbons (Fsp3) is 0.474. The predicted octanol–water partition coefficient (Wildman–Crippen LogP) is 2.82. The molecule has 0 amide bonds. The highest BCUT2D eigenvalue weighted by atomic mass is 19.1. The van der Waals surface area contributed by atoms with E-state index in [9.17, 15) is 4.39 Å². The zero-order valence-electron chi connectivity index (χ0n) is 15.9. The van der Waals surface area contributed by atoms with Gasteiger partial charge in [-0.3, -0.25) is 9.67 Å². The normalized spacial score (nSPS) is 12.4. The van der Waals surface area contributed by atoms with Gasteiger partial charge in [-0.05, 0) is 31.5 Å². The Morgan fingerprint density at radius 1 is 1.28 bits per heavy atom. The van der Waals surface area contributed by atoms with Crippen LogP contribution in [0.15, 0.2) is 29.3 Å². The molecule has 0 aliphatic carbocycles. The lowest BCUT2D eigenvalue weighted by Gasteiger charge is -2.27. The first kappa shape index (κ1) is 19.0. The Labute approximate surface area is 149 Å². The quantitative estimate of drug-likeness (QED) is 0.647. The van der Waals surface area contributed by atoms with Crippen molar-refractivity contribution in [2.24, 2.45) is 12.0 Å². The van der Waals surface area contributed by atoms with E-state index < -0.39 is 0 Å². The third-order valence-electron chi connectivity index (χ3n) is 4.62. The highest BCUT2D eigenvalue weighted by Crippen LogP contribution is 2.22. The minimum atomic E-state index is -0.222. The third kappa shape index (κ3) is 4.59. The van der Waals surface area contributed by atoms with Crippen molar-refractivity contribution in [3.05, 3.63) is 52.6 Å². The van der Waals surface area contributed by atoms with E-state index in [0.717, 1.165) is 17.0 Å². The Bertz CT molecular complexity index is 761. The molecule has 1 aromatic heterocycles. The van der Waals surface area contributed by atoms with E-state index in [-0.39, 0.29) is 11.2 Å². The van der Waals surface area contributed by atoms with E-state index in [1.54, 1.807) is 19.2 Å². The molecule has 0 fully saturated rings. The summed E-state index contributed by atoms with van der Waals surface area (Å²) in [5.41, 5.74) is 4.06. The molecule has 0 saturated heterocycles. The summed E-state index contributed by atoms with van der Waals surface area (Å²) in [6.07, 6.45) is 0. The number of nitrogens with zero attached hydrogens (tertiary/aromatic N) is 3. The minimum Gasteiger partial charge on any atom is -0.356 e. The van der Waals surface area contributed by atoms with Crippen molar-refractivity contribution < 1.29 is 4.39 Å². The molecule has 136 valence electrons. The van der Waals surface area contributed by atoms with Crippen LogP contribution in [0.25, 0.3) is 0 Å². The third-order valence-corrected chi connectivity index (χ3v) is 4.62. The van der Waals surface area contributed by atoms with Gasteiger partial charge in [0.1, 0.15) is 5.82 Å². The van der Waals surface area contributed by atoms with E-state index in [1.807, 2.05) is 24.7 Å². The Hall–Kier alpha value is -2.37. The second kappa shape index (κ2) is 7.68. The van der Waals surface area contributed by atoms with Crippen LogP contribution in [0.1, 0.15) is 36.4 Å². The maximum absolute atomic E-state index is 13.5. The second-order valence-electron chi connectivity index (χ2n) is 6.95. The summed E-state index contributed by atoms with van der Waals surface area (Å²) < 4.78 is 15.4. The van der Waals surface area contributed by atoms with Gasteiger partial charge in [0, 0.05) is 43.9 Å². The average Bonchev–Trinajstić information content (AvgIpc) is 2.80. The lowest BCUT2D eigenvalue weighted by atomic mass is 9.84. The molecule has 2 rings (SSSR count). The van der Waals surface area contributed by atoms with Crippen LogP contribution in [-0.4, -0.2) is 29.3 Å². The molecule has 2 aromatic rings. The summed E-state index contributed by atoms with van der Waals surface area (Å²) in [7, 11) is 3.69. The smallest absolute Gasteiger partial charge is 0.191 e. The molecular weight excluding hydrogens is 317 g/mol. The van der Waals surface area contributed by atoms with Crippen LogP contribution in [0.5, 0.6) is 0 Å². The predicted molar refractivity (Wildman–Crippen MR) is 100 cm³/mol. The number of aliphatic imine (C=N–C) groups is 1. The largest absolute Gasteiger partial charge is 0.356 e. The fourth-order valence-electron chi connectivity index (χ4n) is 2.78. The Morgan fingerprint density at radius 2 is 2.00 bits per heavy atom. The number of aromatic nitrogens is 2. The molecule has 5 nitrogen and oxygen atoms in total. The van der Waals surface area contributed by atoms with Gasteiger partial charge >= 0.3 is 0 Å². The SMILES string of the molecule is CN=C(NCc1c(C)nn(C)c1C)NCC(C)(C)c1cccc(F)c1. The van der Waals surface area contributed by atoms with Crippen molar-refractivity contribution in [1.29, 1.82) is 0 Å². The van der Waals surface area contributed by atoms with Crippen LogP contribution in [0.2, 0.25) is 0 Å². The van der Waals surface area contributed by atoms with Gasteiger partial charge in [0.05, 0.1) is 5.69 Å². The molecule has 0 bridgehead atoms. The van der Waals surface area contributed by atoms with Crippen LogP contribution in [-0.2, 0) is 19.0 Å². The lowest BCUT2D eigenvalue weighted by molar-refractivity contribution is 0.503. The van der Waals surface area contributed by atoms with Gasteiger partial charge in [-0.25, -0.2) is 4.39 Å². The van der Waals surface area contributed by atoms with Gasteiger partial charge in [-0.2, -0.15) is 5.10 Å². The fourth-order valence-corrected chi connectivity index (χ4v) is 2.78. The van der Waals surface area contributed by atoms with Crippen molar-refractivity contribution in [2.45, 2.75) is 39.7 Å². The van der Waals surface area contributed by atoms with Crippen molar-refractivity contribution in [2.75, 3.05) is 13.6 Å². The summed E-state index contributed by atoms with van der Waals surface area (Å²) in [6.45, 7) is 9.52. The number of hydrogen-bond donors (Lipinski definition) is 2. The molecule has 6 heteroatoms. The summed E-state index contributed by atoms with van der Waals surface area (Å²) in [4.78, 5) is 4.28. The van der Waals surface area contributed by atoms with Crippen molar-refractivity contribution >= 4 is 5.96 Å². The van der Waals surface area contributed by atoms with Crippen LogP contribution in [0.4, 0.5) is 4.39 Å². The number of guanidine groups is 1. The van der Waals surface area contributed by atoms with E-state index in [4.69, 9.17) is 0 Å². The molecule has 1 aromatic carbocycles. The molecule has 0 saturated carbocycles. The van der Waals surface area contributed by atoms with Gasteiger partial charge in [0.15, 0.2) is 5.96 Å². The summed E-state index contributed by atoms with van der Waals surface area (Å²) >= 11 is 0. The average molecular weight is 345 g/mol. The standard InChI is InChI=1S/C19H28FN5/c1-13-17(14(2)25(6)24-13)11-22-18(21-5)23-12-19(3,4)15-8-7-9-16(20)10-15/h7-10H,11-12H2,1-6H3,(H2,21,22,23). The molecule has 0 atom stereocenters. The van der Waals surface area contributed by atoms with E-state index in [1.165, 1.54) is 11.6 Å². The Kier molecular flexibility index (Phi) is 5.82. The molecule has 0 aliphatic rings. The second-order valence-corrected chi connectivity index (χ2v) is 6.95. The minimum absolute atomic E-state index is 0.212. The number of rotatable bonds is 5. The summed E-state index contributed by atoms with van der Waals surface area (Å²) in [6, 6.07) is 6.74. The lowest BCUT2D eigenvalue weighted by Crippen LogP contribution is -2.43. The maximum Gasteiger partial charge on any atom is 0.191 e. The molecule has 1 heterocycles. The first-order valence-electron chi connectivity index (χ1n) is 8.44. The van der Waals surface area contributed by atoms with Gasteiger partial charge in [-0.1, -0.05) is 26.0 Å². The van der Waals surface area contributed by atoms with Crippen molar-refractivity contribution in [1.82, 2.24) is 20.4 Å². The van der Waals surface area contributed by atoms with E-state index in [2.05, 4.69) is 41.5 Å². The van der Waals surface area contributed by atoms with Gasteiger partial charge in [0.25, 0.3) is 0 Å². The highest BCUT2D eigenvalue weighted by molar-refractivity contribution is 5.79. The van der Waals surface area contributed by atoms with E-state index in [0.29, 0.717) is 19.0 Å². The number of benzene rings is 1. The molecular formula is C19H28FN5. The monoisotopic (exact) mass is 345 g/mol. The molecule has 2 N–H and O–H groups in total. The van der Waals surface area contributed by atoms with Crippen LogP contribution >= 0.6 is 0 Å². The molecule has 0 aliphatic heterocycles. The Balaban J connectivity index is 1.98. The van der Waals surface area contributed by atoms with Gasteiger partial charge in [0.2, 0.25) is 0 Å². The Morgan fingerprint density at radius 3 is 2.56 bits per heavy atom.